The molecule has 0 aromatic carbocycles. The largest absolute Gasteiger partial charge is 0.379 e. The zero-order valence-corrected chi connectivity index (χ0v) is 17.4. The molecule has 5 nitrogen and oxygen atoms in total. The molecule has 4 atom stereocenters. The average Bonchev–Trinajstić information content (AvgIpc) is 2.60. The van der Waals surface area contributed by atoms with Gasteiger partial charge in [0.1, 0.15) is 0 Å². The van der Waals surface area contributed by atoms with Crippen molar-refractivity contribution in [3.63, 3.8) is 0 Å². The Bertz CT molecular complexity index is 275. The molecule has 0 aromatic heterocycles. The summed E-state index contributed by atoms with van der Waals surface area (Å²) in [4.78, 5) is 0. The molecule has 0 spiro atoms. The number of ether oxygens (including phenoxy) is 5. The van der Waals surface area contributed by atoms with E-state index in [1.807, 2.05) is 27.7 Å². The zero-order chi connectivity index (χ0) is 18.9. The Morgan fingerprint density at radius 2 is 0.920 bits per heavy atom. The Hall–Kier alpha value is -0.200. The van der Waals surface area contributed by atoms with Crippen LogP contribution in [-0.4, -0.2) is 64.1 Å². The highest BCUT2D eigenvalue weighted by Gasteiger charge is 2.11. The maximum atomic E-state index is 5.80. The van der Waals surface area contributed by atoms with E-state index in [1.54, 1.807) is 0 Å². The average molecular weight is 363 g/mol. The van der Waals surface area contributed by atoms with Gasteiger partial charge in [-0.05, 0) is 40.5 Å². The first-order chi connectivity index (χ1) is 12.0. The lowest BCUT2D eigenvalue weighted by atomic mass is 10.3. The van der Waals surface area contributed by atoms with E-state index in [0.29, 0.717) is 26.4 Å². The van der Waals surface area contributed by atoms with Crippen molar-refractivity contribution in [3.05, 3.63) is 0 Å². The molecule has 4 unspecified atom stereocenters. The fourth-order valence-corrected chi connectivity index (χ4v) is 2.02. The molecule has 5 heteroatoms. The monoisotopic (exact) mass is 362 g/mol. The SMILES string of the molecule is CCCCOCC(C)OCC(C)OCC(C)OCC(C)OCCCC. The van der Waals surface area contributed by atoms with E-state index in [2.05, 4.69) is 13.8 Å². The van der Waals surface area contributed by atoms with Gasteiger partial charge in [0.05, 0.1) is 50.8 Å². The minimum absolute atomic E-state index is 0.0439. The molecule has 0 radical (unpaired) electrons. The summed E-state index contributed by atoms with van der Waals surface area (Å²) >= 11 is 0. The summed E-state index contributed by atoms with van der Waals surface area (Å²) < 4.78 is 28.6. The van der Waals surface area contributed by atoms with Crippen LogP contribution in [0, 0.1) is 0 Å². The molecule has 0 saturated carbocycles. The quantitative estimate of drug-likeness (QED) is 0.342. The van der Waals surface area contributed by atoms with Gasteiger partial charge >= 0.3 is 0 Å². The van der Waals surface area contributed by atoms with E-state index < -0.39 is 0 Å². The van der Waals surface area contributed by atoms with Gasteiger partial charge in [0.2, 0.25) is 0 Å². The zero-order valence-electron chi connectivity index (χ0n) is 17.4. The van der Waals surface area contributed by atoms with Crippen LogP contribution in [0.25, 0.3) is 0 Å². The molecule has 0 aliphatic heterocycles. The Balaban J connectivity index is 3.61. The van der Waals surface area contributed by atoms with Crippen LogP contribution in [-0.2, 0) is 23.7 Å². The van der Waals surface area contributed by atoms with Crippen molar-refractivity contribution in [1.29, 1.82) is 0 Å². The lowest BCUT2D eigenvalue weighted by molar-refractivity contribution is -0.0922. The van der Waals surface area contributed by atoms with Crippen molar-refractivity contribution in [2.75, 3.05) is 39.6 Å². The van der Waals surface area contributed by atoms with Crippen LogP contribution >= 0.6 is 0 Å². The minimum atomic E-state index is 0.0439. The maximum absolute atomic E-state index is 5.80. The van der Waals surface area contributed by atoms with Gasteiger partial charge in [-0.2, -0.15) is 0 Å². The van der Waals surface area contributed by atoms with Crippen molar-refractivity contribution < 1.29 is 23.7 Å². The Labute approximate surface area is 155 Å². The highest BCUT2D eigenvalue weighted by atomic mass is 16.6. The highest BCUT2D eigenvalue weighted by molar-refractivity contribution is 4.57. The predicted octanol–water partition coefficient (Wildman–Crippen LogP) is 4.22. The van der Waals surface area contributed by atoms with E-state index in [1.165, 1.54) is 0 Å². The predicted molar refractivity (Wildman–Crippen MR) is 102 cm³/mol. The topological polar surface area (TPSA) is 46.2 Å². The third-order valence-electron chi connectivity index (χ3n) is 3.74. The highest BCUT2D eigenvalue weighted by Crippen LogP contribution is 2.03. The second kappa shape index (κ2) is 17.2. The third-order valence-corrected chi connectivity index (χ3v) is 3.74. The van der Waals surface area contributed by atoms with E-state index in [9.17, 15) is 0 Å². The van der Waals surface area contributed by atoms with Crippen molar-refractivity contribution in [1.82, 2.24) is 0 Å². The first kappa shape index (κ1) is 24.8. The number of rotatable bonds is 18. The molecule has 0 heterocycles. The summed E-state index contributed by atoms with van der Waals surface area (Å²) in [6.07, 6.45) is 4.83. The van der Waals surface area contributed by atoms with Gasteiger partial charge in [-0.25, -0.2) is 0 Å². The lowest BCUT2D eigenvalue weighted by Crippen LogP contribution is -2.28. The molecule has 0 aliphatic carbocycles. The van der Waals surface area contributed by atoms with Crippen LogP contribution in [0.15, 0.2) is 0 Å². The molecule has 0 bridgehead atoms. The van der Waals surface area contributed by atoms with Crippen LogP contribution in [0.1, 0.15) is 67.2 Å². The van der Waals surface area contributed by atoms with E-state index in [4.69, 9.17) is 23.7 Å². The molecule has 25 heavy (non-hydrogen) atoms. The molecule has 0 N–H and O–H groups in total. The molecule has 0 aliphatic rings. The summed E-state index contributed by atoms with van der Waals surface area (Å²) in [6.45, 7) is 16.4. The first-order valence-corrected chi connectivity index (χ1v) is 10.0. The van der Waals surface area contributed by atoms with Gasteiger partial charge in [-0.15, -0.1) is 0 Å². The van der Waals surface area contributed by atoms with Crippen molar-refractivity contribution in [2.24, 2.45) is 0 Å². The van der Waals surface area contributed by atoms with Crippen LogP contribution < -0.4 is 0 Å². The maximum Gasteiger partial charge on any atom is 0.0781 e. The fraction of sp³-hybridized carbons (Fsp3) is 1.00. The smallest absolute Gasteiger partial charge is 0.0781 e. The molecule has 0 fully saturated rings. The van der Waals surface area contributed by atoms with E-state index in [0.717, 1.165) is 38.9 Å². The van der Waals surface area contributed by atoms with E-state index in [-0.39, 0.29) is 24.4 Å². The Morgan fingerprint density at radius 1 is 0.520 bits per heavy atom. The standard InChI is InChI=1S/C20H42O5/c1-7-9-11-21-13-17(3)23-15-19(5)25-16-20(6)24-14-18(4)22-12-10-8-2/h17-20H,7-16H2,1-6H3. The molecule has 0 aromatic rings. The second-order valence-electron chi connectivity index (χ2n) is 6.90. The van der Waals surface area contributed by atoms with Gasteiger partial charge < -0.3 is 23.7 Å². The number of hydrogen-bond acceptors (Lipinski definition) is 5. The van der Waals surface area contributed by atoms with Crippen LogP contribution in [0.2, 0.25) is 0 Å². The minimum Gasteiger partial charge on any atom is -0.379 e. The first-order valence-electron chi connectivity index (χ1n) is 10.0. The van der Waals surface area contributed by atoms with Gasteiger partial charge in [0.25, 0.3) is 0 Å². The molecular weight excluding hydrogens is 320 g/mol. The molecule has 0 amide bonds. The van der Waals surface area contributed by atoms with Gasteiger partial charge in [0.15, 0.2) is 0 Å². The second-order valence-corrected chi connectivity index (χ2v) is 6.90. The summed E-state index contributed by atoms with van der Waals surface area (Å²) in [5.41, 5.74) is 0. The Morgan fingerprint density at radius 3 is 1.40 bits per heavy atom. The normalized spacial score (nSPS) is 16.6. The van der Waals surface area contributed by atoms with Crippen LogP contribution in [0.5, 0.6) is 0 Å². The summed E-state index contributed by atoms with van der Waals surface area (Å²) in [5, 5.41) is 0. The van der Waals surface area contributed by atoms with Crippen LogP contribution in [0.4, 0.5) is 0 Å². The third kappa shape index (κ3) is 17.0. The van der Waals surface area contributed by atoms with Gasteiger partial charge in [-0.1, -0.05) is 26.7 Å². The summed E-state index contributed by atoms with van der Waals surface area (Å²) in [5.74, 6) is 0. The number of unbranched alkanes of at least 4 members (excludes halogenated alkanes) is 2. The molecule has 0 saturated heterocycles. The van der Waals surface area contributed by atoms with Crippen molar-refractivity contribution in [2.45, 2.75) is 91.6 Å². The van der Waals surface area contributed by atoms with Crippen molar-refractivity contribution in [3.8, 4) is 0 Å². The fourth-order valence-electron chi connectivity index (χ4n) is 2.02. The molecule has 0 rings (SSSR count). The lowest BCUT2D eigenvalue weighted by Gasteiger charge is -2.21. The van der Waals surface area contributed by atoms with Gasteiger partial charge in [-0.3, -0.25) is 0 Å². The van der Waals surface area contributed by atoms with Crippen molar-refractivity contribution >= 4 is 0 Å². The van der Waals surface area contributed by atoms with E-state index >= 15 is 0 Å². The van der Waals surface area contributed by atoms with Crippen LogP contribution in [0.3, 0.4) is 0 Å². The number of hydrogen-bond donors (Lipinski definition) is 0. The Kier molecular flexibility index (Phi) is 17.1. The summed E-state index contributed by atoms with van der Waals surface area (Å²) in [7, 11) is 0. The van der Waals surface area contributed by atoms with Gasteiger partial charge in [0, 0.05) is 13.2 Å². The molecular formula is C20H42O5. The molecule has 152 valence electrons. The summed E-state index contributed by atoms with van der Waals surface area (Å²) in [6, 6.07) is 0.